The van der Waals surface area contributed by atoms with Gasteiger partial charge < -0.3 is 14.4 Å². The van der Waals surface area contributed by atoms with E-state index in [2.05, 4.69) is 40.3 Å². The van der Waals surface area contributed by atoms with Crippen molar-refractivity contribution in [2.75, 3.05) is 16.8 Å². The number of ether oxygens (including phenoxy) is 2. The van der Waals surface area contributed by atoms with Crippen molar-refractivity contribution < 1.29 is 19.1 Å². The zero-order valence-corrected chi connectivity index (χ0v) is 31.7. The van der Waals surface area contributed by atoms with Gasteiger partial charge in [-0.1, -0.05) is 47.7 Å². The number of aromatic nitrogens is 2. The minimum atomic E-state index is -0.694. The Hall–Kier alpha value is -4.76. The summed E-state index contributed by atoms with van der Waals surface area (Å²) < 4.78 is 14.0. The van der Waals surface area contributed by atoms with Gasteiger partial charge in [0, 0.05) is 24.2 Å². The number of para-hydroxylation sites is 1. The van der Waals surface area contributed by atoms with Gasteiger partial charge in [0.15, 0.2) is 10.8 Å². The highest BCUT2D eigenvalue weighted by Gasteiger charge is 2.52. The first kappa shape index (κ1) is 34.0. The predicted octanol–water partition coefficient (Wildman–Crippen LogP) is 9.78. The lowest BCUT2D eigenvalue weighted by molar-refractivity contribution is -0.107. The maximum Gasteiger partial charge on any atom is 0.358 e. The first-order chi connectivity index (χ1) is 25.5. The van der Waals surface area contributed by atoms with Crippen LogP contribution in [0.25, 0.3) is 21.3 Å². The third kappa shape index (κ3) is 6.58. The minimum absolute atomic E-state index is 0.0804. The van der Waals surface area contributed by atoms with Crippen molar-refractivity contribution in [3.8, 4) is 16.9 Å². The number of carbonyl (C=O) groups excluding carboxylic acids is 2. The first-order valence-corrected chi connectivity index (χ1v) is 19.9. The van der Waals surface area contributed by atoms with Gasteiger partial charge in [0.2, 0.25) is 0 Å². The maximum atomic E-state index is 14.0. The van der Waals surface area contributed by atoms with Crippen molar-refractivity contribution in [3.63, 3.8) is 0 Å². The summed E-state index contributed by atoms with van der Waals surface area (Å²) in [5, 5.41) is 3.61. The van der Waals surface area contributed by atoms with E-state index >= 15 is 0 Å². The number of fused-ring (bicyclic) bond motifs is 2. The molecule has 1 amide bonds. The number of hydrogen-bond donors (Lipinski definition) is 1. The van der Waals surface area contributed by atoms with E-state index in [1.165, 1.54) is 30.6 Å². The number of nitrogens with zero attached hydrogens (tertiary/aromatic N) is 3. The Kier molecular flexibility index (Phi) is 8.33. The van der Waals surface area contributed by atoms with Crippen LogP contribution < -0.4 is 15.0 Å². The van der Waals surface area contributed by atoms with Crippen LogP contribution >= 0.6 is 11.3 Å². The highest BCUT2D eigenvalue weighted by atomic mass is 32.1. The van der Waals surface area contributed by atoms with Crippen LogP contribution in [0.3, 0.4) is 0 Å². The molecule has 9 heteroatoms. The Labute approximate surface area is 314 Å². The average Bonchev–Trinajstić information content (AvgIpc) is 3.53. The monoisotopic (exact) mass is 726 g/mol. The number of esters is 1. The standard InChI is InChI=1S/C44H46N4O4S/c1-26-31(10-8-13-36(26)51-44-22-27-19-28(23-44)21-29(20-27)24-44)32-15-16-38(46-39(32)41(50)52-43(2,3)4)48-18-17-30-9-7-11-33(34(30)25-48)40(49)47-42-45-35-12-5-6-14-37(35)53-42/h5-16,27-29H,17-25H2,1-4H3,(H,45,47,49). The van der Waals surface area contributed by atoms with Crippen molar-refractivity contribution in [2.24, 2.45) is 17.8 Å². The number of anilines is 2. The molecule has 4 fully saturated rings. The van der Waals surface area contributed by atoms with E-state index < -0.39 is 11.6 Å². The van der Waals surface area contributed by atoms with Gasteiger partial charge in [-0.2, -0.15) is 0 Å². The molecule has 1 N–H and O–H groups in total. The number of hydrogen-bond acceptors (Lipinski definition) is 8. The van der Waals surface area contributed by atoms with E-state index in [-0.39, 0.29) is 17.2 Å². The van der Waals surface area contributed by atoms with Gasteiger partial charge in [0.1, 0.15) is 22.8 Å². The third-order valence-electron chi connectivity index (χ3n) is 11.7. The molecule has 4 saturated carbocycles. The lowest BCUT2D eigenvalue weighted by Gasteiger charge is -2.56. The number of rotatable bonds is 7. The molecular formula is C44H46N4O4S. The molecule has 0 unspecified atom stereocenters. The molecule has 1 aliphatic heterocycles. The lowest BCUT2D eigenvalue weighted by Crippen LogP contribution is -2.53. The molecule has 272 valence electrons. The summed E-state index contributed by atoms with van der Waals surface area (Å²) in [4.78, 5) is 39.5. The Morgan fingerprint density at radius 1 is 0.868 bits per heavy atom. The van der Waals surface area contributed by atoms with Crippen molar-refractivity contribution in [2.45, 2.75) is 90.4 Å². The molecule has 3 aromatic carbocycles. The van der Waals surface area contributed by atoms with Gasteiger partial charge in [-0.15, -0.1) is 0 Å². The fourth-order valence-corrected chi connectivity index (χ4v) is 10.7. The normalized spacial score (nSPS) is 23.2. The Balaban J connectivity index is 1.02. The molecule has 53 heavy (non-hydrogen) atoms. The fourth-order valence-electron chi connectivity index (χ4n) is 9.81. The Bertz CT molecular complexity index is 2190. The van der Waals surface area contributed by atoms with Crippen LogP contribution in [0.1, 0.15) is 96.8 Å². The number of carbonyl (C=O) groups is 2. The largest absolute Gasteiger partial charge is 0.487 e. The smallest absolute Gasteiger partial charge is 0.358 e. The van der Waals surface area contributed by atoms with E-state index in [1.54, 1.807) is 0 Å². The van der Waals surface area contributed by atoms with Crippen molar-refractivity contribution in [1.29, 1.82) is 0 Å². The molecule has 3 heterocycles. The molecular weight excluding hydrogens is 681 g/mol. The number of benzene rings is 3. The minimum Gasteiger partial charge on any atom is -0.487 e. The highest BCUT2D eigenvalue weighted by molar-refractivity contribution is 7.22. The summed E-state index contributed by atoms with van der Waals surface area (Å²) in [6.45, 7) is 8.91. The van der Waals surface area contributed by atoms with Crippen LogP contribution in [-0.2, 0) is 17.7 Å². The van der Waals surface area contributed by atoms with Crippen LogP contribution in [0, 0.1) is 24.7 Å². The molecule has 0 atom stereocenters. The number of nitrogens with one attached hydrogen (secondary N) is 1. The summed E-state index contributed by atoms with van der Waals surface area (Å²) in [6, 6.07) is 23.9. The first-order valence-electron chi connectivity index (χ1n) is 19.1. The average molecular weight is 727 g/mol. The van der Waals surface area contributed by atoms with Crippen LogP contribution in [0.2, 0.25) is 0 Å². The van der Waals surface area contributed by atoms with Gasteiger partial charge in [-0.3, -0.25) is 10.1 Å². The molecule has 4 bridgehead atoms. The number of thiazole rings is 1. The highest BCUT2D eigenvalue weighted by Crippen LogP contribution is 2.57. The lowest BCUT2D eigenvalue weighted by atomic mass is 9.54. The van der Waals surface area contributed by atoms with Crippen molar-refractivity contribution in [3.05, 3.63) is 101 Å². The van der Waals surface area contributed by atoms with E-state index in [4.69, 9.17) is 14.5 Å². The number of pyridine rings is 1. The van der Waals surface area contributed by atoms with Crippen LogP contribution in [0.15, 0.2) is 72.8 Å². The van der Waals surface area contributed by atoms with Crippen molar-refractivity contribution >= 4 is 44.4 Å². The van der Waals surface area contributed by atoms with Crippen LogP contribution in [-0.4, -0.2) is 39.6 Å². The van der Waals surface area contributed by atoms with Gasteiger partial charge in [0.25, 0.3) is 5.91 Å². The molecule has 4 aliphatic carbocycles. The van der Waals surface area contributed by atoms with E-state index in [0.29, 0.717) is 29.6 Å². The fraction of sp³-hybridized carbons (Fsp3) is 0.409. The summed E-state index contributed by atoms with van der Waals surface area (Å²) in [5.41, 5.74) is 5.72. The van der Waals surface area contributed by atoms with E-state index in [9.17, 15) is 9.59 Å². The second-order valence-corrected chi connectivity index (χ2v) is 17.8. The second-order valence-electron chi connectivity index (χ2n) is 16.8. The van der Waals surface area contributed by atoms with Gasteiger partial charge >= 0.3 is 5.97 Å². The topological polar surface area (TPSA) is 93.6 Å². The molecule has 8 nitrogen and oxygen atoms in total. The van der Waals surface area contributed by atoms with Crippen molar-refractivity contribution in [1.82, 2.24) is 9.97 Å². The maximum absolute atomic E-state index is 14.0. The van der Waals surface area contributed by atoms with Crippen LogP contribution in [0.5, 0.6) is 5.75 Å². The van der Waals surface area contributed by atoms with Crippen LogP contribution in [0.4, 0.5) is 10.9 Å². The van der Waals surface area contributed by atoms with E-state index in [1.807, 2.05) is 75.4 Å². The molecule has 0 saturated heterocycles. The SMILES string of the molecule is Cc1c(OC23CC4CC(CC(C4)C2)C3)cccc1-c1ccc(N2CCc3cccc(C(=O)Nc4nc5ccccc5s4)c3C2)nc1C(=O)OC(C)(C)C. The predicted molar refractivity (Wildman–Crippen MR) is 210 cm³/mol. The van der Waals surface area contributed by atoms with E-state index in [0.717, 1.165) is 87.2 Å². The quantitative estimate of drug-likeness (QED) is 0.167. The van der Waals surface area contributed by atoms with Gasteiger partial charge in [-0.05, 0) is 149 Å². The molecule has 2 aromatic heterocycles. The van der Waals surface area contributed by atoms with Gasteiger partial charge in [0.05, 0.1) is 10.2 Å². The Morgan fingerprint density at radius 2 is 1.60 bits per heavy atom. The summed E-state index contributed by atoms with van der Waals surface area (Å²) in [6.07, 6.45) is 8.26. The molecule has 10 rings (SSSR count). The summed E-state index contributed by atoms with van der Waals surface area (Å²) >= 11 is 1.46. The summed E-state index contributed by atoms with van der Waals surface area (Å²) in [7, 11) is 0. The molecule has 0 spiro atoms. The molecule has 5 aliphatic rings. The second kappa shape index (κ2) is 13.0. The number of amides is 1. The van der Waals surface area contributed by atoms with Gasteiger partial charge in [-0.25, -0.2) is 14.8 Å². The zero-order valence-electron chi connectivity index (χ0n) is 30.9. The molecule has 0 radical (unpaired) electrons. The third-order valence-corrected chi connectivity index (χ3v) is 12.7. The summed E-state index contributed by atoms with van der Waals surface area (Å²) in [5.74, 6) is 3.26. The molecule has 5 aromatic rings. The Morgan fingerprint density at radius 3 is 2.34 bits per heavy atom. The zero-order chi connectivity index (χ0) is 36.5.